The van der Waals surface area contributed by atoms with Crippen LogP contribution in [0.1, 0.15) is 0 Å². The second kappa shape index (κ2) is 42.0. The molecule has 3 rings (SSSR count). The zero-order valence-corrected chi connectivity index (χ0v) is 47.1. The number of carboxylic acids is 12. The summed E-state index contributed by atoms with van der Waals surface area (Å²) in [5.41, 5.74) is 0. The van der Waals surface area contributed by atoms with Crippen LogP contribution in [0.2, 0.25) is 0 Å². The SMILES string of the molecule is O=C(O)CN1CCN(CC(=O)O)CCN(CC(=O)O)CCN(CC(=O)O)CC1.O=C(O)CN1CCN(CC(=O)O)CCN(CC(=O)O)CCN(CC(=O)O)CC1.O=C(O)CN1CCN(CC(=O)O)CCN(CC(=O)O)CCN(CC(=O)O)CC1. The summed E-state index contributed by atoms with van der Waals surface area (Å²) in [6.07, 6.45) is 0. The summed E-state index contributed by atoms with van der Waals surface area (Å²) >= 11 is 0. The maximum absolute atomic E-state index is 11.1. The van der Waals surface area contributed by atoms with Crippen molar-refractivity contribution in [2.45, 2.75) is 0 Å². The van der Waals surface area contributed by atoms with Crippen LogP contribution in [0.25, 0.3) is 0 Å². The van der Waals surface area contributed by atoms with Gasteiger partial charge in [0.25, 0.3) is 0 Å². The van der Waals surface area contributed by atoms with Gasteiger partial charge >= 0.3 is 71.6 Å². The zero-order valence-electron chi connectivity index (χ0n) is 47.1. The summed E-state index contributed by atoms with van der Waals surface area (Å²) in [4.78, 5) is 153. The minimum absolute atomic E-state index is 0.229. The number of hydrogen-bond acceptors (Lipinski definition) is 24. The molecule has 0 atom stereocenters. The number of aliphatic carboxylic acids is 12. The highest BCUT2D eigenvalue weighted by Crippen LogP contribution is 2.05. The number of carbonyl (C=O) groups is 12. The summed E-state index contributed by atoms with van der Waals surface area (Å²) in [5.74, 6) is -12.2. The Labute approximate surface area is 483 Å². The van der Waals surface area contributed by atoms with Crippen LogP contribution in [0.5, 0.6) is 0 Å². The molecule has 0 aromatic rings. The van der Waals surface area contributed by atoms with Gasteiger partial charge in [-0.25, -0.2) is 0 Å². The zero-order chi connectivity index (χ0) is 63.3. The van der Waals surface area contributed by atoms with Crippen LogP contribution >= 0.6 is 0 Å². The summed E-state index contributed by atoms with van der Waals surface area (Å²) in [6, 6.07) is 0. The molecule has 3 fully saturated rings. The molecule has 36 nitrogen and oxygen atoms in total. The average molecular weight is 1210 g/mol. The first-order chi connectivity index (χ1) is 39.5. The molecule has 84 heavy (non-hydrogen) atoms. The lowest BCUT2D eigenvalue weighted by Gasteiger charge is -2.32. The van der Waals surface area contributed by atoms with E-state index in [2.05, 4.69) is 0 Å². The lowest BCUT2D eigenvalue weighted by atomic mass is 10.3. The van der Waals surface area contributed by atoms with Gasteiger partial charge in [0.2, 0.25) is 0 Å². The number of rotatable bonds is 24. The second-order valence-electron chi connectivity index (χ2n) is 20.0. The summed E-state index contributed by atoms with van der Waals surface area (Å²) in [7, 11) is 0. The molecule has 480 valence electrons. The van der Waals surface area contributed by atoms with Crippen LogP contribution in [0.4, 0.5) is 0 Å². The predicted molar refractivity (Wildman–Crippen MR) is 289 cm³/mol. The minimum Gasteiger partial charge on any atom is -0.480 e. The number of nitrogens with zero attached hydrogens (tertiary/aromatic N) is 12. The Hall–Kier alpha value is -6.84. The Kier molecular flexibility index (Phi) is 37.6. The van der Waals surface area contributed by atoms with E-state index in [1.54, 1.807) is 58.8 Å². The largest absolute Gasteiger partial charge is 0.480 e. The molecular weight excluding hydrogens is 1130 g/mol. The Morgan fingerprint density at radius 2 is 0.190 bits per heavy atom. The van der Waals surface area contributed by atoms with E-state index in [-0.39, 0.29) is 78.5 Å². The molecule has 0 aliphatic carbocycles. The summed E-state index contributed by atoms with van der Waals surface area (Å²) < 4.78 is 0. The molecule has 0 amide bonds. The Morgan fingerprint density at radius 1 is 0.143 bits per heavy atom. The van der Waals surface area contributed by atoms with Crippen molar-refractivity contribution in [3.8, 4) is 0 Å². The van der Waals surface area contributed by atoms with Crippen molar-refractivity contribution < 1.29 is 119 Å². The molecule has 0 spiro atoms. The van der Waals surface area contributed by atoms with Crippen LogP contribution in [-0.4, -0.2) is 427 Å². The monoisotopic (exact) mass is 1210 g/mol. The molecule has 3 aliphatic heterocycles. The molecule has 0 aromatic heterocycles. The first kappa shape index (κ1) is 75.2. The van der Waals surface area contributed by atoms with Crippen molar-refractivity contribution in [3.63, 3.8) is 0 Å². The maximum atomic E-state index is 11.1. The number of carboxylic acid groups (broad SMARTS) is 12. The fraction of sp³-hybridized carbons (Fsp3) is 0.750. The first-order valence-electron chi connectivity index (χ1n) is 26.8. The molecular formula is C48H84N12O24. The van der Waals surface area contributed by atoms with Gasteiger partial charge in [0, 0.05) is 157 Å². The third-order valence-corrected chi connectivity index (χ3v) is 13.1. The van der Waals surface area contributed by atoms with Gasteiger partial charge in [0.05, 0.1) is 78.5 Å². The molecule has 0 unspecified atom stereocenters. The van der Waals surface area contributed by atoms with E-state index in [1.165, 1.54) is 0 Å². The standard InChI is InChI=1S/3C16H28N4O8/c3*21-13(22)9-17-1-2-18(10-14(23)24)5-6-20(12-16(27)28)8-7-19(4-3-17)11-15(25)26/h3*1-12H2,(H,21,22)(H,23,24)(H,25,26)(H,27,28). The van der Waals surface area contributed by atoms with E-state index in [1.807, 2.05) is 0 Å². The van der Waals surface area contributed by atoms with Crippen molar-refractivity contribution in [1.82, 2.24) is 58.8 Å². The van der Waals surface area contributed by atoms with Gasteiger partial charge in [-0.2, -0.15) is 0 Å². The van der Waals surface area contributed by atoms with E-state index in [4.69, 9.17) is 61.3 Å². The van der Waals surface area contributed by atoms with Crippen LogP contribution in [0.15, 0.2) is 0 Å². The summed E-state index contributed by atoms with van der Waals surface area (Å²) in [5, 5.41) is 109. The molecule has 0 saturated carbocycles. The van der Waals surface area contributed by atoms with Crippen molar-refractivity contribution in [2.75, 3.05) is 236 Å². The van der Waals surface area contributed by atoms with Gasteiger partial charge in [-0.15, -0.1) is 0 Å². The quantitative estimate of drug-likeness (QED) is 0.0427. The third kappa shape index (κ3) is 40.4. The van der Waals surface area contributed by atoms with E-state index >= 15 is 0 Å². The third-order valence-electron chi connectivity index (χ3n) is 13.1. The molecule has 0 radical (unpaired) electrons. The van der Waals surface area contributed by atoms with Crippen molar-refractivity contribution >= 4 is 71.6 Å². The highest BCUT2D eigenvalue weighted by molar-refractivity contribution is 5.73. The highest BCUT2D eigenvalue weighted by Gasteiger charge is 2.25. The van der Waals surface area contributed by atoms with Crippen molar-refractivity contribution in [2.24, 2.45) is 0 Å². The normalized spacial score (nSPS) is 19.4. The van der Waals surface area contributed by atoms with E-state index in [0.29, 0.717) is 157 Å². The maximum Gasteiger partial charge on any atom is 0.317 e. The highest BCUT2D eigenvalue weighted by atomic mass is 16.4. The summed E-state index contributed by atoms with van der Waals surface area (Å²) in [6.45, 7) is 4.57. The van der Waals surface area contributed by atoms with Gasteiger partial charge < -0.3 is 61.3 Å². The molecule has 0 bridgehead atoms. The lowest BCUT2D eigenvalue weighted by molar-refractivity contribution is -0.141. The smallest absolute Gasteiger partial charge is 0.317 e. The first-order valence-corrected chi connectivity index (χ1v) is 26.8. The lowest BCUT2D eigenvalue weighted by Crippen LogP contribution is -2.49. The van der Waals surface area contributed by atoms with E-state index in [9.17, 15) is 57.5 Å². The van der Waals surface area contributed by atoms with Crippen LogP contribution in [0, 0.1) is 0 Å². The minimum atomic E-state index is -1.02. The van der Waals surface area contributed by atoms with Gasteiger partial charge in [0.1, 0.15) is 0 Å². The van der Waals surface area contributed by atoms with Gasteiger partial charge in [-0.05, 0) is 0 Å². The van der Waals surface area contributed by atoms with Gasteiger partial charge in [-0.3, -0.25) is 116 Å². The molecule has 3 aliphatic rings. The number of hydrogen-bond donors (Lipinski definition) is 12. The van der Waals surface area contributed by atoms with Crippen molar-refractivity contribution in [1.29, 1.82) is 0 Å². The van der Waals surface area contributed by atoms with E-state index in [0.717, 1.165) is 0 Å². The fourth-order valence-corrected chi connectivity index (χ4v) is 8.93. The molecule has 36 heteroatoms. The second-order valence-corrected chi connectivity index (χ2v) is 20.0. The van der Waals surface area contributed by atoms with E-state index < -0.39 is 71.6 Å². The fourth-order valence-electron chi connectivity index (χ4n) is 8.93. The van der Waals surface area contributed by atoms with Crippen LogP contribution < -0.4 is 0 Å². The molecule has 3 saturated heterocycles. The Morgan fingerprint density at radius 3 is 0.226 bits per heavy atom. The average Bonchev–Trinajstić information content (AvgIpc) is 3.39. The Balaban J connectivity index is 0.000000630. The Bertz CT molecular complexity index is 1570. The van der Waals surface area contributed by atoms with Gasteiger partial charge in [0.15, 0.2) is 0 Å². The van der Waals surface area contributed by atoms with Crippen molar-refractivity contribution in [3.05, 3.63) is 0 Å². The molecule has 12 N–H and O–H groups in total. The molecule has 3 heterocycles. The van der Waals surface area contributed by atoms with Crippen LogP contribution in [0.3, 0.4) is 0 Å². The van der Waals surface area contributed by atoms with Gasteiger partial charge in [-0.1, -0.05) is 0 Å². The van der Waals surface area contributed by atoms with Crippen LogP contribution in [-0.2, 0) is 57.5 Å². The predicted octanol–water partition coefficient (Wildman–Crippen LogP) is -7.36. The molecule has 0 aromatic carbocycles. The topological polar surface area (TPSA) is 486 Å².